The Balaban J connectivity index is -0.000000486. The lowest BCUT2D eigenvalue weighted by molar-refractivity contribution is -0.139. The van der Waals surface area contributed by atoms with Gasteiger partial charge < -0.3 is 14.5 Å². The maximum absolute atomic E-state index is 11.6. The monoisotopic (exact) mass is 574 g/mol. The Kier molecular flexibility index (Phi) is 22.2. The van der Waals surface area contributed by atoms with Gasteiger partial charge in [0.25, 0.3) is 10.1 Å². The van der Waals surface area contributed by atoms with Gasteiger partial charge in [-0.3, -0.25) is 14.1 Å². The summed E-state index contributed by atoms with van der Waals surface area (Å²) in [7, 11) is -4.05. The van der Waals surface area contributed by atoms with Gasteiger partial charge in [-0.05, 0) is 56.2 Å². The molecule has 2 heterocycles. The van der Waals surface area contributed by atoms with Crippen LogP contribution >= 0.6 is 0 Å². The van der Waals surface area contributed by atoms with Crippen LogP contribution in [0.25, 0.3) is 0 Å². The van der Waals surface area contributed by atoms with Crippen LogP contribution in [0.15, 0.2) is 29.2 Å². The predicted molar refractivity (Wildman–Crippen MR) is 163 cm³/mol. The third-order valence-electron chi connectivity index (χ3n) is 6.95. The minimum Gasteiger partial charge on any atom is -0.378 e. The molecule has 39 heavy (non-hydrogen) atoms. The zero-order chi connectivity index (χ0) is 27.3. The lowest BCUT2D eigenvalue weighted by Crippen LogP contribution is -2.43. The van der Waals surface area contributed by atoms with Crippen LogP contribution in [0.2, 0.25) is 0 Å². The molecule has 0 saturated carbocycles. The lowest BCUT2D eigenvalue weighted by Gasteiger charge is -2.28. The number of likely N-dealkylation sites (tertiary alicyclic amines) is 1. The standard InChI is InChI=1S/C10H14O3S.C9H17NO2.C8H15NO.3CH4/c1-3-8(2)9-4-6-10(7-5-9)14(11,12)13;1-3-8(2)9(11)10-4-6-12-7-5-10;1-3-7(2)9-6-4-5-8(9)10;;;/h4-8H,3H2,1-2H3,(H,11,12,13);8H,3-7H2,1-2H3;7H,3-6H2,1-2H3;3*1H4. The Morgan fingerprint density at radius 2 is 1.46 bits per heavy atom. The lowest BCUT2D eigenvalue weighted by atomic mass is 9.99. The van der Waals surface area contributed by atoms with Crippen molar-refractivity contribution < 1.29 is 27.3 Å². The maximum Gasteiger partial charge on any atom is 0.294 e. The Bertz CT molecular complexity index is 899. The zero-order valence-corrected chi connectivity index (χ0v) is 23.7. The molecule has 0 spiro atoms. The highest BCUT2D eigenvalue weighted by atomic mass is 32.2. The van der Waals surface area contributed by atoms with E-state index in [0.717, 1.165) is 57.3 Å². The summed E-state index contributed by atoms with van der Waals surface area (Å²) in [6.45, 7) is 16.3. The summed E-state index contributed by atoms with van der Waals surface area (Å²) in [4.78, 5) is 26.5. The molecule has 2 aliphatic heterocycles. The summed E-state index contributed by atoms with van der Waals surface area (Å²) in [5.41, 5.74) is 1.08. The van der Waals surface area contributed by atoms with Gasteiger partial charge >= 0.3 is 0 Å². The molecule has 8 nitrogen and oxygen atoms in total. The van der Waals surface area contributed by atoms with Crippen LogP contribution in [0.4, 0.5) is 0 Å². The first-order valence-corrected chi connectivity index (χ1v) is 14.6. The summed E-state index contributed by atoms with van der Waals surface area (Å²) >= 11 is 0. The second kappa shape index (κ2) is 20.9. The third kappa shape index (κ3) is 14.3. The van der Waals surface area contributed by atoms with Crippen molar-refractivity contribution in [3.05, 3.63) is 29.8 Å². The van der Waals surface area contributed by atoms with E-state index in [1.165, 1.54) is 12.1 Å². The van der Waals surface area contributed by atoms with Gasteiger partial charge in [-0.2, -0.15) is 8.42 Å². The highest BCUT2D eigenvalue weighted by Crippen LogP contribution is 2.20. The number of amides is 2. The number of carbonyl (C=O) groups is 2. The van der Waals surface area contributed by atoms with Crippen molar-refractivity contribution in [2.75, 3.05) is 32.8 Å². The normalized spacial score (nSPS) is 16.9. The van der Waals surface area contributed by atoms with Crippen LogP contribution in [0.1, 0.15) is 107 Å². The number of benzene rings is 1. The second-order valence-electron chi connectivity index (χ2n) is 9.55. The molecule has 2 saturated heterocycles. The van der Waals surface area contributed by atoms with E-state index >= 15 is 0 Å². The number of carbonyl (C=O) groups excluding carboxylic acids is 2. The quantitative estimate of drug-likeness (QED) is 0.366. The molecule has 0 aliphatic carbocycles. The van der Waals surface area contributed by atoms with Crippen molar-refractivity contribution in [2.24, 2.45) is 5.92 Å². The molecule has 0 bridgehead atoms. The predicted octanol–water partition coefficient (Wildman–Crippen LogP) is 6.65. The molecule has 9 heteroatoms. The summed E-state index contributed by atoms with van der Waals surface area (Å²) in [5.74, 6) is 1.20. The smallest absolute Gasteiger partial charge is 0.294 e. The number of rotatable bonds is 7. The summed E-state index contributed by atoms with van der Waals surface area (Å²) in [6.07, 6.45) is 4.83. The molecule has 0 radical (unpaired) electrons. The first-order chi connectivity index (χ1) is 17.0. The van der Waals surface area contributed by atoms with Crippen molar-refractivity contribution in [3.8, 4) is 0 Å². The van der Waals surface area contributed by atoms with E-state index in [1.807, 2.05) is 23.6 Å². The number of hydrogen-bond donors (Lipinski definition) is 1. The van der Waals surface area contributed by atoms with E-state index < -0.39 is 10.1 Å². The SMILES string of the molecule is C.C.C.CCC(C)C(=O)N1CCOCC1.CCC(C)N1CCCC1=O.CCC(C)c1ccc(S(=O)(=O)O)cc1. The zero-order valence-electron chi connectivity index (χ0n) is 22.9. The van der Waals surface area contributed by atoms with E-state index in [0.29, 0.717) is 31.1 Å². The van der Waals surface area contributed by atoms with Crippen molar-refractivity contribution in [2.45, 2.75) is 113 Å². The van der Waals surface area contributed by atoms with Gasteiger partial charge in [-0.25, -0.2) is 0 Å². The highest BCUT2D eigenvalue weighted by Gasteiger charge is 2.23. The number of ether oxygens (including phenoxy) is 1. The molecule has 2 amide bonds. The van der Waals surface area contributed by atoms with Gasteiger partial charge in [-0.1, -0.05) is 69.0 Å². The van der Waals surface area contributed by atoms with Crippen molar-refractivity contribution in [3.63, 3.8) is 0 Å². The fourth-order valence-electron chi connectivity index (χ4n) is 3.83. The molecule has 0 aromatic heterocycles. The fraction of sp³-hybridized carbons (Fsp3) is 0.733. The first kappa shape index (κ1) is 41.5. The minimum absolute atomic E-state index is 0. The molecule has 3 unspecified atom stereocenters. The molecule has 230 valence electrons. The van der Waals surface area contributed by atoms with Crippen molar-refractivity contribution in [1.82, 2.24) is 9.80 Å². The molecular weight excluding hydrogens is 516 g/mol. The average molecular weight is 575 g/mol. The molecular formula is C30H58N2O6S. The van der Waals surface area contributed by atoms with Gasteiger partial charge in [0.1, 0.15) is 0 Å². The topological polar surface area (TPSA) is 104 Å². The number of hydrogen-bond acceptors (Lipinski definition) is 5. The Morgan fingerprint density at radius 1 is 0.923 bits per heavy atom. The number of nitrogens with zero attached hydrogens (tertiary/aromatic N) is 2. The molecule has 1 N–H and O–H groups in total. The van der Waals surface area contributed by atoms with Gasteiger partial charge in [-0.15, -0.1) is 0 Å². The molecule has 3 atom stereocenters. The van der Waals surface area contributed by atoms with Gasteiger partial charge in [0.15, 0.2) is 0 Å². The number of morpholine rings is 1. The van der Waals surface area contributed by atoms with Crippen LogP contribution in [-0.4, -0.2) is 73.5 Å². The minimum atomic E-state index is -4.05. The molecule has 3 rings (SSSR count). The van der Waals surface area contributed by atoms with Gasteiger partial charge in [0, 0.05) is 38.0 Å². The highest BCUT2D eigenvalue weighted by molar-refractivity contribution is 7.85. The van der Waals surface area contributed by atoms with E-state index in [1.54, 1.807) is 12.1 Å². The van der Waals surface area contributed by atoms with E-state index in [4.69, 9.17) is 9.29 Å². The summed E-state index contributed by atoms with van der Waals surface area (Å²) in [5, 5.41) is 0. The third-order valence-corrected chi connectivity index (χ3v) is 7.82. The molecule has 1 aromatic carbocycles. The van der Waals surface area contributed by atoms with Gasteiger partial charge in [0.05, 0.1) is 18.1 Å². The first-order valence-electron chi connectivity index (χ1n) is 13.2. The van der Waals surface area contributed by atoms with E-state index in [9.17, 15) is 18.0 Å². The van der Waals surface area contributed by atoms with E-state index in [2.05, 4.69) is 27.7 Å². The average Bonchev–Trinajstić information content (AvgIpc) is 3.33. The van der Waals surface area contributed by atoms with Crippen LogP contribution in [-0.2, 0) is 24.4 Å². The van der Waals surface area contributed by atoms with Crippen LogP contribution in [0.3, 0.4) is 0 Å². The van der Waals surface area contributed by atoms with Crippen LogP contribution < -0.4 is 0 Å². The maximum atomic E-state index is 11.6. The van der Waals surface area contributed by atoms with Crippen LogP contribution in [0.5, 0.6) is 0 Å². The second-order valence-corrected chi connectivity index (χ2v) is 11.0. The van der Waals surface area contributed by atoms with E-state index in [-0.39, 0.29) is 39.0 Å². The molecule has 2 aliphatic rings. The largest absolute Gasteiger partial charge is 0.378 e. The van der Waals surface area contributed by atoms with Crippen LogP contribution in [0, 0.1) is 5.92 Å². The fourth-order valence-corrected chi connectivity index (χ4v) is 4.31. The van der Waals surface area contributed by atoms with Gasteiger partial charge in [0.2, 0.25) is 11.8 Å². The van der Waals surface area contributed by atoms with Crippen molar-refractivity contribution >= 4 is 21.9 Å². The Labute approximate surface area is 240 Å². The van der Waals surface area contributed by atoms with Crippen molar-refractivity contribution in [1.29, 1.82) is 0 Å². The Hall–Kier alpha value is -1.97. The molecule has 1 aromatic rings. The summed E-state index contributed by atoms with van der Waals surface area (Å²) < 4.78 is 35.4. The Morgan fingerprint density at radius 3 is 1.85 bits per heavy atom. The summed E-state index contributed by atoms with van der Waals surface area (Å²) in [6, 6.07) is 6.78. The molecule has 2 fully saturated rings.